The van der Waals surface area contributed by atoms with Gasteiger partial charge in [-0.1, -0.05) is 0 Å². The molecule has 0 aliphatic heterocycles. The monoisotopic (exact) mass is 294 g/mol. The molecule has 0 spiro atoms. The lowest BCUT2D eigenvalue weighted by molar-refractivity contribution is 0.178. The van der Waals surface area contributed by atoms with Crippen LogP contribution < -0.4 is 10.6 Å². The summed E-state index contributed by atoms with van der Waals surface area (Å²) in [5, 5.41) is 5.85. The fraction of sp³-hybridized carbons (Fsp3) is 0.286. The summed E-state index contributed by atoms with van der Waals surface area (Å²) in [6.45, 7) is 0.384. The van der Waals surface area contributed by atoms with E-state index in [4.69, 9.17) is 4.74 Å². The Morgan fingerprint density at radius 3 is 2.62 bits per heavy atom. The first-order chi connectivity index (χ1) is 10.1. The Balaban J connectivity index is 2.15. The highest BCUT2D eigenvalue weighted by Gasteiger charge is 2.07. The zero-order chi connectivity index (χ0) is 15.2. The van der Waals surface area contributed by atoms with Gasteiger partial charge in [0.15, 0.2) is 5.82 Å². The lowest BCUT2D eigenvalue weighted by Crippen LogP contribution is -2.08. The third kappa shape index (κ3) is 4.09. The van der Waals surface area contributed by atoms with E-state index in [0.29, 0.717) is 17.5 Å². The zero-order valence-electron chi connectivity index (χ0n) is 11.8. The summed E-state index contributed by atoms with van der Waals surface area (Å²) in [7, 11) is 3.28. The second kappa shape index (κ2) is 6.94. The van der Waals surface area contributed by atoms with Gasteiger partial charge in [-0.3, -0.25) is 0 Å². The average molecular weight is 294 g/mol. The van der Waals surface area contributed by atoms with Crippen LogP contribution in [0.5, 0.6) is 0 Å². The average Bonchev–Trinajstić information content (AvgIpc) is 2.48. The van der Waals surface area contributed by atoms with E-state index < -0.39 is 11.6 Å². The van der Waals surface area contributed by atoms with Crippen LogP contribution in [-0.4, -0.2) is 24.1 Å². The Labute approximate surface area is 121 Å². The van der Waals surface area contributed by atoms with Crippen LogP contribution in [0, 0.1) is 11.6 Å². The minimum Gasteiger partial charge on any atom is -0.377 e. The van der Waals surface area contributed by atoms with Gasteiger partial charge in [0, 0.05) is 32.3 Å². The van der Waals surface area contributed by atoms with Crippen molar-refractivity contribution in [3.05, 3.63) is 47.3 Å². The Hall–Kier alpha value is -2.28. The molecule has 0 aliphatic rings. The third-order valence-corrected chi connectivity index (χ3v) is 2.77. The van der Waals surface area contributed by atoms with Gasteiger partial charge in [0.25, 0.3) is 0 Å². The van der Waals surface area contributed by atoms with Crippen LogP contribution >= 0.6 is 0 Å². The highest BCUT2D eigenvalue weighted by atomic mass is 19.1. The first-order valence-electron chi connectivity index (χ1n) is 6.35. The van der Waals surface area contributed by atoms with E-state index in [0.717, 1.165) is 18.2 Å². The third-order valence-electron chi connectivity index (χ3n) is 2.77. The van der Waals surface area contributed by atoms with E-state index in [1.54, 1.807) is 20.2 Å². The molecule has 2 rings (SSSR count). The molecule has 21 heavy (non-hydrogen) atoms. The SMILES string of the molecule is CNc1cc(NCc2cc(F)ccc2F)nc(COC)n1. The minimum absolute atomic E-state index is 0.121. The Morgan fingerprint density at radius 2 is 1.90 bits per heavy atom. The Morgan fingerprint density at radius 1 is 1.14 bits per heavy atom. The summed E-state index contributed by atoms with van der Waals surface area (Å²) >= 11 is 0. The molecule has 0 bridgehead atoms. The van der Waals surface area contributed by atoms with Crippen molar-refractivity contribution < 1.29 is 13.5 Å². The van der Waals surface area contributed by atoms with E-state index in [9.17, 15) is 8.78 Å². The van der Waals surface area contributed by atoms with Crippen LogP contribution in [0.2, 0.25) is 0 Å². The van der Waals surface area contributed by atoms with Gasteiger partial charge in [0.05, 0.1) is 0 Å². The number of aromatic nitrogens is 2. The van der Waals surface area contributed by atoms with Crippen molar-refractivity contribution in [2.75, 3.05) is 24.8 Å². The molecule has 0 amide bonds. The molecule has 0 atom stereocenters. The molecule has 112 valence electrons. The molecular formula is C14H16F2N4O. The molecule has 2 N–H and O–H groups in total. The summed E-state index contributed by atoms with van der Waals surface area (Å²) < 4.78 is 31.6. The van der Waals surface area contributed by atoms with Crippen molar-refractivity contribution in [3.63, 3.8) is 0 Å². The van der Waals surface area contributed by atoms with Gasteiger partial charge in [-0.05, 0) is 18.2 Å². The first kappa shape index (κ1) is 15.1. The second-order valence-electron chi connectivity index (χ2n) is 4.33. The number of ether oxygens (including phenoxy) is 1. The molecule has 7 heteroatoms. The standard InChI is InChI=1S/C14H16F2N4O/c1-17-12-6-13(20-14(19-12)8-21-2)18-7-9-5-10(15)3-4-11(9)16/h3-6H,7-8H2,1-2H3,(H2,17,18,19,20). The quantitative estimate of drug-likeness (QED) is 0.857. The normalized spacial score (nSPS) is 10.5. The van der Waals surface area contributed by atoms with E-state index in [-0.39, 0.29) is 18.7 Å². The molecule has 0 saturated heterocycles. The summed E-state index contributed by atoms with van der Waals surface area (Å²) in [6.07, 6.45) is 0. The minimum atomic E-state index is -0.480. The van der Waals surface area contributed by atoms with Gasteiger partial charge in [-0.15, -0.1) is 0 Å². The molecule has 2 aromatic rings. The predicted octanol–water partition coefficient (Wildman–Crippen LogP) is 2.56. The summed E-state index contributed by atoms with van der Waals surface area (Å²) in [4.78, 5) is 8.44. The fourth-order valence-electron chi connectivity index (χ4n) is 1.77. The molecule has 0 saturated carbocycles. The van der Waals surface area contributed by atoms with Crippen molar-refractivity contribution in [3.8, 4) is 0 Å². The first-order valence-corrected chi connectivity index (χ1v) is 6.35. The number of halogens is 2. The lowest BCUT2D eigenvalue weighted by atomic mass is 10.2. The number of methoxy groups -OCH3 is 1. The molecule has 0 radical (unpaired) electrons. The molecule has 0 unspecified atom stereocenters. The molecule has 1 aromatic carbocycles. The van der Waals surface area contributed by atoms with Gasteiger partial charge < -0.3 is 15.4 Å². The largest absolute Gasteiger partial charge is 0.377 e. The smallest absolute Gasteiger partial charge is 0.158 e. The fourth-order valence-corrected chi connectivity index (χ4v) is 1.77. The van der Waals surface area contributed by atoms with Gasteiger partial charge in [-0.2, -0.15) is 0 Å². The van der Waals surface area contributed by atoms with E-state index >= 15 is 0 Å². The molecule has 1 aromatic heterocycles. The van der Waals surface area contributed by atoms with Gasteiger partial charge in [0.1, 0.15) is 29.9 Å². The van der Waals surface area contributed by atoms with Crippen LogP contribution in [0.1, 0.15) is 11.4 Å². The predicted molar refractivity (Wildman–Crippen MR) is 76.0 cm³/mol. The Kier molecular flexibility index (Phi) is 4.99. The van der Waals surface area contributed by atoms with Crippen molar-refractivity contribution in [2.24, 2.45) is 0 Å². The van der Waals surface area contributed by atoms with E-state index in [2.05, 4.69) is 20.6 Å². The lowest BCUT2D eigenvalue weighted by Gasteiger charge is -2.10. The van der Waals surface area contributed by atoms with Crippen molar-refractivity contribution in [1.82, 2.24) is 9.97 Å². The molecule has 0 fully saturated rings. The molecule has 5 nitrogen and oxygen atoms in total. The number of hydrogen-bond donors (Lipinski definition) is 2. The summed E-state index contributed by atoms with van der Waals surface area (Å²) in [5.74, 6) is 0.659. The van der Waals surface area contributed by atoms with Crippen molar-refractivity contribution in [2.45, 2.75) is 13.2 Å². The topological polar surface area (TPSA) is 59.1 Å². The molecular weight excluding hydrogens is 278 g/mol. The summed E-state index contributed by atoms with van der Waals surface area (Å²) in [5.41, 5.74) is 0.230. The van der Waals surface area contributed by atoms with Gasteiger partial charge >= 0.3 is 0 Å². The number of hydrogen-bond acceptors (Lipinski definition) is 5. The van der Waals surface area contributed by atoms with Gasteiger partial charge in [-0.25, -0.2) is 18.7 Å². The van der Waals surface area contributed by atoms with Crippen LogP contribution in [0.25, 0.3) is 0 Å². The van der Waals surface area contributed by atoms with E-state index in [1.807, 2.05) is 0 Å². The number of nitrogens with one attached hydrogen (secondary N) is 2. The van der Waals surface area contributed by atoms with Crippen LogP contribution in [0.4, 0.5) is 20.4 Å². The van der Waals surface area contributed by atoms with Gasteiger partial charge in [0.2, 0.25) is 0 Å². The highest BCUT2D eigenvalue weighted by molar-refractivity contribution is 5.47. The van der Waals surface area contributed by atoms with Crippen molar-refractivity contribution >= 4 is 11.6 Å². The maximum absolute atomic E-state index is 13.5. The highest BCUT2D eigenvalue weighted by Crippen LogP contribution is 2.15. The molecule has 0 aliphatic carbocycles. The maximum Gasteiger partial charge on any atom is 0.158 e. The number of anilines is 2. The van der Waals surface area contributed by atoms with Crippen LogP contribution in [-0.2, 0) is 17.9 Å². The van der Waals surface area contributed by atoms with Crippen molar-refractivity contribution in [1.29, 1.82) is 0 Å². The number of benzene rings is 1. The summed E-state index contributed by atoms with van der Waals surface area (Å²) in [6, 6.07) is 5.01. The zero-order valence-corrected chi connectivity index (χ0v) is 11.8. The maximum atomic E-state index is 13.5. The Bertz CT molecular complexity index is 622. The molecule has 1 heterocycles. The number of nitrogens with zero attached hydrogens (tertiary/aromatic N) is 2. The van der Waals surface area contributed by atoms with E-state index in [1.165, 1.54) is 0 Å². The van der Waals surface area contributed by atoms with Crippen LogP contribution in [0.15, 0.2) is 24.3 Å². The second-order valence-corrected chi connectivity index (χ2v) is 4.33. The van der Waals surface area contributed by atoms with Crippen LogP contribution in [0.3, 0.4) is 0 Å². The number of rotatable bonds is 6.